The lowest BCUT2D eigenvalue weighted by molar-refractivity contribution is 0.175. The second-order valence-corrected chi connectivity index (χ2v) is 29.4. The fraction of sp³-hybridized carbons (Fsp3) is 0.407. The lowest BCUT2D eigenvalue weighted by Gasteiger charge is -2.32. The summed E-state index contributed by atoms with van der Waals surface area (Å²) in [6.45, 7) is 24.8. The van der Waals surface area contributed by atoms with E-state index < -0.39 is 0 Å². The molecular weight excluding hydrogens is 1310 g/mol. The Bertz CT molecular complexity index is 5050. The third-order valence-electron chi connectivity index (χ3n) is 22.4. The van der Waals surface area contributed by atoms with Gasteiger partial charge in [0.25, 0.3) is 0 Å². The smallest absolute Gasteiger partial charge is 0.216 e. The summed E-state index contributed by atoms with van der Waals surface area (Å²) >= 11 is 0. The fourth-order valence-corrected chi connectivity index (χ4v) is 16.4. The number of piperidine rings is 1. The Labute approximate surface area is 613 Å². The van der Waals surface area contributed by atoms with Crippen LogP contribution in [0.3, 0.4) is 0 Å². The molecule has 4 saturated heterocycles. The van der Waals surface area contributed by atoms with Crippen LogP contribution in [0, 0.1) is 27.7 Å². The predicted octanol–water partition coefficient (Wildman–Crippen LogP) is 12.3. The van der Waals surface area contributed by atoms with Crippen LogP contribution < -0.4 is 41.4 Å². The number of ether oxygens (including phenoxy) is 2. The number of hydrogen-bond donors (Lipinski definition) is 6. The van der Waals surface area contributed by atoms with Crippen molar-refractivity contribution in [2.45, 2.75) is 110 Å². The Kier molecular flexibility index (Phi) is 19.6. The highest BCUT2D eigenvalue weighted by molar-refractivity contribution is 5.85. The van der Waals surface area contributed by atoms with Gasteiger partial charge < -0.3 is 46.3 Å². The summed E-state index contributed by atoms with van der Waals surface area (Å²) in [5.74, 6) is 4.35. The van der Waals surface area contributed by atoms with Crippen LogP contribution in [0.4, 0.5) is 34.5 Å². The molecule has 0 spiro atoms. The minimum absolute atomic E-state index is 0.470. The SMILES string of the molecule is Cc1ccc2cc1-c1cnn3ccc(nc13)NC1CCN(CCCN2)C1.Cc1ccc2cc1-c1cnn3ccc(nc13)NCCC1CCCN1CCN2.Cc1ccc2cc1-c1cnn3ccc(nc13)NCCN1CCC[C@H]1CO2.Cc1ccc2cc1-c1cnn3ccc(nc13)OCCN1CCC(CC1)N2. The largest absolute Gasteiger partial charge is 0.492 e. The van der Waals surface area contributed by atoms with Crippen molar-refractivity contribution in [2.24, 2.45) is 0 Å². The van der Waals surface area contributed by atoms with E-state index in [-0.39, 0.29) is 0 Å². The van der Waals surface area contributed by atoms with Gasteiger partial charge in [0.2, 0.25) is 5.88 Å². The molecule has 21 rings (SSSR count). The van der Waals surface area contributed by atoms with Crippen molar-refractivity contribution in [3.8, 4) is 56.1 Å². The zero-order valence-electron chi connectivity index (χ0n) is 60.8. The van der Waals surface area contributed by atoms with Crippen LogP contribution in [0.1, 0.15) is 80.0 Å². The molecule has 0 amide bonds. The van der Waals surface area contributed by atoms with Gasteiger partial charge in [-0.3, -0.25) is 14.7 Å². The third kappa shape index (κ3) is 15.0. The second kappa shape index (κ2) is 30.4. The van der Waals surface area contributed by atoms with Crippen LogP contribution in [0.15, 0.2) is 147 Å². The number of nitrogens with one attached hydrogen (secondary N) is 6. The molecule has 0 radical (unpaired) electrons. The van der Waals surface area contributed by atoms with Gasteiger partial charge in [-0.1, -0.05) is 24.3 Å². The minimum Gasteiger partial charge on any atom is -0.492 e. The summed E-state index contributed by atoms with van der Waals surface area (Å²) in [5.41, 5.74) is 20.8. The first kappa shape index (κ1) is 67.8. The van der Waals surface area contributed by atoms with Crippen molar-refractivity contribution in [3.05, 3.63) is 169 Å². The van der Waals surface area contributed by atoms with Gasteiger partial charge in [-0.05, 0) is 216 Å². The van der Waals surface area contributed by atoms with Crippen molar-refractivity contribution < 1.29 is 9.47 Å². The monoisotopic (exact) mass is 1410 g/mol. The summed E-state index contributed by atoms with van der Waals surface area (Å²) in [6.07, 6.45) is 26.4. The summed E-state index contributed by atoms with van der Waals surface area (Å²) < 4.78 is 19.5. The topological polar surface area (TPSA) is 224 Å². The Morgan fingerprint density at radius 1 is 0.362 bits per heavy atom. The average Bonchev–Trinajstić information content (AvgIpc) is 1.69. The highest BCUT2D eigenvalue weighted by atomic mass is 16.5. The van der Waals surface area contributed by atoms with E-state index in [4.69, 9.17) is 29.4 Å². The van der Waals surface area contributed by atoms with Crippen LogP contribution in [0.2, 0.25) is 0 Å². The summed E-state index contributed by atoms with van der Waals surface area (Å²) in [4.78, 5) is 29.5. The van der Waals surface area contributed by atoms with Gasteiger partial charge in [-0.25, -0.2) is 33.0 Å². The highest BCUT2D eigenvalue weighted by Gasteiger charge is 2.29. The first-order chi connectivity index (χ1) is 51.6. The maximum atomic E-state index is 6.18. The van der Waals surface area contributed by atoms with Crippen molar-refractivity contribution in [1.82, 2.24) is 78.0 Å². The number of aryl methyl sites for hydroxylation is 4. The predicted molar refractivity (Wildman–Crippen MR) is 418 cm³/mol. The Morgan fingerprint density at radius 3 is 1.50 bits per heavy atom. The second-order valence-electron chi connectivity index (χ2n) is 29.4. The molecule has 24 heteroatoms. The van der Waals surface area contributed by atoms with Crippen LogP contribution in [-0.4, -0.2) is 207 Å². The lowest BCUT2D eigenvalue weighted by atomic mass is 10.0. The van der Waals surface area contributed by atoms with E-state index in [1.165, 1.54) is 83.3 Å². The van der Waals surface area contributed by atoms with Crippen LogP contribution in [0.25, 0.3) is 67.1 Å². The number of nitrogens with zero attached hydrogens (tertiary/aromatic N) is 16. The molecule has 4 aromatic carbocycles. The highest BCUT2D eigenvalue weighted by Crippen LogP contribution is 2.36. The summed E-state index contributed by atoms with van der Waals surface area (Å²) in [6, 6.07) is 36.1. The quantitative estimate of drug-likeness (QED) is 0.0830. The van der Waals surface area contributed by atoms with E-state index in [0.717, 1.165) is 202 Å². The van der Waals surface area contributed by atoms with Crippen molar-refractivity contribution in [2.75, 3.05) is 137 Å². The van der Waals surface area contributed by atoms with Crippen molar-refractivity contribution in [3.63, 3.8) is 0 Å². The Morgan fingerprint density at radius 2 is 0.857 bits per heavy atom. The first-order valence-electron chi connectivity index (χ1n) is 38.1. The lowest BCUT2D eigenvalue weighted by Crippen LogP contribution is -2.40. The zero-order chi connectivity index (χ0) is 70.7. The molecule has 6 N–H and O–H groups in total. The van der Waals surface area contributed by atoms with Gasteiger partial charge in [0.15, 0.2) is 22.6 Å². The normalized spacial score (nSPS) is 21.5. The van der Waals surface area contributed by atoms with Gasteiger partial charge >= 0.3 is 0 Å². The van der Waals surface area contributed by atoms with Crippen LogP contribution in [-0.2, 0) is 0 Å². The average molecular weight is 1410 g/mol. The first-order valence-corrected chi connectivity index (χ1v) is 38.1. The standard InChI is InChI=1S/C21H26N6.C20H24N6.2C20H23N5O/c1-15-4-5-16-13-18(15)19-14-24-27-11-7-20(25-21(19)27)23-8-6-17-3-2-10-26(17)12-9-22-16;1-14-3-4-15-11-17(14)18-12-22-26-10-6-19(24-20(18)26)23-16-5-9-25(13-16)8-2-7-21-15;1-14-2-3-16-12-17(14)18-13-21-25-9-6-19(23-20(18)25)26-11-10-24-7-4-15(22-16)5-8-24;1-14-4-5-16-11-17(14)18-12-22-25-9-6-19(23-20(18)25)21-7-10-24-8-2-3-15(24)13-26-16/h4-5,7,11,13-14,17,22H,2-3,6,8-10,12H2,1H3,(H,23,25);3-4,6,10-12,16,21H,2,5,7-9,13H2,1H3,(H,23,24);2-3,6,9,12-13,15,22H,4-5,7-8,10-11H2,1H3;4-6,9,11-12,15H,2-3,7-8,10,13H2,1H3,(H,21,23)/t;;;15-/m...0/s1. The van der Waals surface area contributed by atoms with Crippen LogP contribution in [0.5, 0.6) is 11.6 Å². The summed E-state index contributed by atoms with van der Waals surface area (Å²) in [7, 11) is 0. The Hall–Kier alpha value is -10.4. The number of benzene rings is 4. The molecule has 3 unspecified atom stereocenters. The fourth-order valence-electron chi connectivity index (χ4n) is 16.4. The number of rotatable bonds is 0. The molecule has 17 heterocycles. The molecule has 12 aromatic rings. The van der Waals surface area contributed by atoms with Gasteiger partial charge in [-0.2, -0.15) is 25.4 Å². The van der Waals surface area contributed by atoms with Gasteiger partial charge in [-0.15, -0.1) is 0 Å². The maximum Gasteiger partial charge on any atom is 0.216 e. The maximum absolute atomic E-state index is 6.18. The number of aromatic nitrogens is 12. The van der Waals surface area contributed by atoms with Gasteiger partial charge in [0, 0.05) is 166 Å². The van der Waals surface area contributed by atoms with Crippen molar-refractivity contribution in [1.29, 1.82) is 0 Å². The molecule has 9 aliphatic rings. The third-order valence-corrected chi connectivity index (χ3v) is 22.4. The van der Waals surface area contributed by atoms with E-state index in [1.807, 2.05) is 91.9 Å². The summed E-state index contributed by atoms with van der Waals surface area (Å²) in [5, 5.41) is 39.5. The molecule has 542 valence electrons. The van der Waals surface area contributed by atoms with E-state index in [0.29, 0.717) is 36.7 Å². The molecule has 105 heavy (non-hydrogen) atoms. The van der Waals surface area contributed by atoms with Crippen molar-refractivity contribution >= 4 is 57.1 Å². The molecule has 8 aromatic heterocycles. The zero-order valence-corrected chi connectivity index (χ0v) is 60.8. The van der Waals surface area contributed by atoms with E-state index in [1.54, 1.807) is 0 Å². The Balaban J connectivity index is 0.000000103. The van der Waals surface area contributed by atoms with Gasteiger partial charge in [0.1, 0.15) is 36.4 Å². The number of anilines is 6. The molecule has 0 saturated carbocycles. The van der Waals surface area contributed by atoms with E-state index >= 15 is 0 Å². The molecule has 4 atom stereocenters. The van der Waals surface area contributed by atoms with E-state index in [2.05, 4.69) is 172 Å². The molecule has 20 bridgehead atoms. The molecule has 24 nitrogen and oxygen atoms in total. The van der Waals surface area contributed by atoms with Gasteiger partial charge in [0.05, 0.1) is 24.8 Å². The molecule has 9 aliphatic heterocycles. The minimum atomic E-state index is 0.470. The molecule has 4 fully saturated rings. The number of fused-ring (bicyclic) bond motifs is 20. The van der Waals surface area contributed by atoms with E-state index in [9.17, 15) is 0 Å². The van der Waals surface area contributed by atoms with Crippen LogP contribution >= 0.6 is 0 Å². The molecular formula is C81H96N22O2. The molecule has 0 aliphatic carbocycles. The number of hydrogen-bond acceptors (Lipinski definition) is 20.